The lowest BCUT2D eigenvalue weighted by Gasteiger charge is -2.14. The highest BCUT2D eigenvalue weighted by Crippen LogP contribution is 2.17. The first kappa shape index (κ1) is 16.4. The molecule has 0 aliphatic carbocycles. The normalized spacial score (nSPS) is 11.8. The molecule has 0 saturated heterocycles. The molecule has 0 radical (unpaired) electrons. The zero-order chi connectivity index (χ0) is 15.9. The molecule has 0 aromatic heterocycles. The molecule has 1 amide bonds. The van der Waals surface area contributed by atoms with Crippen LogP contribution >= 0.6 is 11.6 Å². The second kappa shape index (κ2) is 7.85. The molecule has 1 atom stereocenters. The van der Waals surface area contributed by atoms with Crippen LogP contribution in [0.3, 0.4) is 0 Å². The molecule has 2 aromatic carbocycles. The van der Waals surface area contributed by atoms with Crippen LogP contribution in [0.2, 0.25) is 5.02 Å². The van der Waals surface area contributed by atoms with Crippen LogP contribution in [0.4, 0.5) is 0 Å². The van der Waals surface area contributed by atoms with Crippen LogP contribution in [0.25, 0.3) is 0 Å². The Bertz CT molecular complexity index is 625. The summed E-state index contributed by atoms with van der Waals surface area (Å²) < 4.78 is 5.18. The topological polar surface area (TPSA) is 38.3 Å². The summed E-state index contributed by atoms with van der Waals surface area (Å²) in [6.07, 6.45) is 1.14. The molecule has 2 aromatic rings. The Kier molecular flexibility index (Phi) is 5.84. The Morgan fingerprint density at radius 2 is 1.95 bits per heavy atom. The fourth-order valence-corrected chi connectivity index (χ4v) is 2.36. The number of hydrogen-bond acceptors (Lipinski definition) is 2. The van der Waals surface area contributed by atoms with E-state index in [2.05, 4.69) is 5.32 Å². The van der Waals surface area contributed by atoms with Crippen molar-refractivity contribution in [3.05, 3.63) is 64.7 Å². The Morgan fingerprint density at radius 3 is 2.64 bits per heavy atom. The van der Waals surface area contributed by atoms with E-state index in [9.17, 15) is 4.79 Å². The summed E-state index contributed by atoms with van der Waals surface area (Å²) in [6.45, 7) is 1.96. The fourth-order valence-electron chi connectivity index (χ4n) is 2.23. The second-order valence-electron chi connectivity index (χ2n) is 5.19. The summed E-state index contributed by atoms with van der Waals surface area (Å²) in [7, 11) is 1.64. The van der Waals surface area contributed by atoms with Gasteiger partial charge in [0.25, 0.3) is 0 Å². The maximum absolute atomic E-state index is 12.1. The molecule has 3 nitrogen and oxygen atoms in total. The van der Waals surface area contributed by atoms with Gasteiger partial charge < -0.3 is 10.1 Å². The molecule has 116 valence electrons. The van der Waals surface area contributed by atoms with Gasteiger partial charge in [0, 0.05) is 11.4 Å². The van der Waals surface area contributed by atoms with E-state index in [0.29, 0.717) is 17.9 Å². The van der Waals surface area contributed by atoms with Gasteiger partial charge in [-0.15, -0.1) is 0 Å². The maximum atomic E-state index is 12.1. The minimum Gasteiger partial charge on any atom is -0.497 e. The van der Waals surface area contributed by atoms with Crippen molar-refractivity contribution >= 4 is 17.5 Å². The zero-order valence-corrected chi connectivity index (χ0v) is 13.6. The van der Waals surface area contributed by atoms with E-state index in [4.69, 9.17) is 16.3 Å². The number of nitrogens with one attached hydrogen (secondary N) is 1. The molecule has 0 bridgehead atoms. The van der Waals surface area contributed by atoms with E-state index in [1.807, 2.05) is 55.5 Å². The summed E-state index contributed by atoms with van der Waals surface area (Å²) in [5.41, 5.74) is 2.13. The first-order chi connectivity index (χ1) is 10.6. The third kappa shape index (κ3) is 4.78. The molecule has 0 aliphatic heterocycles. The van der Waals surface area contributed by atoms with Crippen molar-refractivity contribution in [3.63, 3.8) is 0 Å². The third-order valence-electron chi connectivity index (χ3n) is 3.52. The van der Waals surface area contributed by atoms with Crippen molar-refractivity contribution in [3.8, 4) is 5.75 Å². The Hall–Kier alpha value is -2.00. The molecular formula is C18H20ClNO2. The zero-order valence-electron chi connectivity index (χ0n) is 12.8. The van der Waals surface area contributed by atoms with E-state index in [1.54, 1.807) is 7.11 Å². The Balaban J connectivity index is 1.85. The van der Waals surface area contributed by atoms with E-state index >= 15 is 0 Å². The van der Waals surface area contributed by atoms with E-state index < -0.39 is 0 Å². The molecular weight excluding hydrogens is 298 g/mol. The third-order valence-corrected chi connectivity index (χ3v) is 3.77. The number of carbonyl (C=O) groups excluding carboxylic acids is 1. The quantitative estimate of drug-likeness (QED) is 0.868. The van der Waals surface area contributed by atoms with Crippen LogP contribution < -0.4 is 10.1 Å². The molecule has 0 aliphatic rings. The van der Waals surface area contributed by atoms with Crippen LogP contribution in [-0.4, -0.2) is 13.0 Å². The van der Waals surface area contributed by atoms with Crippen LogP contribution in [-0.2, 0) is 11.2 Å². The van der Waals surface area contributed by atoms with Gasteiger partial charge in [-0.2, -0.15) is 0 Å². The average Bonchev–Trinajstić information content (AvgIpc) is 2.53. The van der Waals surface area contributed by atoms with Gasteiger partial charge in [-0.25, -0.2) is 0 Å². The molecule has 0 heterocycles. The van der Waals surface area contributed by atoms with Crippen molar-refractivity contribution in [1.82, 2.24) is 5.32 Å². The van der Waals surface area contributed by atoms with Crippen LogP contribution in [0, 0.1) is 0 Å². The number of rotatable bonds is 6. The van der Waals surface area contributed by atoms with Crippen molar-refractivity contribution in [2.24, 2.45) is 0 Å². The molecule has 4 heteroatoms. The molecule has 1 unspecified atom stereocenters. The van der Waals surface area contributed by atoms with Crippen LogP contribution in [0.5, 0.6) is 5.75 Å². The molecule has 0 saturated carbocycles. The van der Waals surface area contributed by atoms with Gasteiger partial charge in [0.05, 0.1) is 13.2 Å². The lowest BCUT2D eigenvalue weighted by atomic mass is 10.1. The standard InChI is InChI=1S/C18H20ClNO2/c1-13(15-7-9-16(19)10-8-15)20-18(21)11-6-14-4-3-5-17(12-14)22-2/h3-5,7-10,12-13H,6,11H2,1-2H3,(H,20,21). The minimum absolute atomic E-state index is 0.0323. The van der Waals surface area contributed by atoms with Gasteiger partial charge in [0.2, 0.25) is 5.91 Å². The van der Waals surface area contributed by atoms with E-state index in [-0.39, 0.29) is 11.9 Å². The number of amides is 1. The second-order valence-corrected chi connectivity index (χ2v) is 5.63. The summed E-state index contributed by atoms with van der Waals surface area (Å²) in [5.74, 6) is 0.845. The predicted octanol–water partition coefficient (Wildman–Crippen LogP) is 4.16. The lowest BCUT2D eigenvalue weighted by molar-refractivity contribution is -0.121. The van der Waals surface area contributed by atoms with Gasteiger partial charge in [-0.3, -0.25) is 4.79 Å². The van der Waals surface area contributed by atoms with Crippen molar-refractivity contribution in [2.75, 3.05) is 7.11 Å². The maximum Gasteiger partial charge on any atom is 0.220 e. The van der Waals surface area contributed by atoms with Gasteiger partial charge in [0.15, 0.2) is 0 Å². The summed E-state index contributed by atoms with van der Waals surface area (Å²) in [5, 5.41) is 3.70. The van der Waals surface area contributed by atoms with Crippen molar-refractivity contribution in [1.29, 1.82) is 0 Å². The number of carbonyl (C=O) groups is 1. The minimum atomic E-state index is -0.0323. The monoisotopic (exact) mass is 317 g/mol. The SMILES string of the molecule is COc1cccc(CCC(=O)NC(C)c2ccc(Cl)cc2)c1. The van der Waals surface area contributed by atoms with Crippen molar-refractivity contribution < 1.29 is 9.53 Å². The molecule has 22 heavy (non-hydrogen) atoms. The molecule has 0 fully saturated rings. The van der Waals surface area contributed by atoms with Gasteiger partial charge >= 0.3 is 0 Å². The summed E-state index contributed by atoms with van der Waals surface area (Å²) >= 11 is 5.87. The van der Waals surface area contributed by atoms with Crippen molar-refractivity contribution in [2.45, 2.75) is 25.8 Å². The highest BCUT2D eigenvalue weighted by Gasteiger charge is 2.09. The smallest absolute Gasteiger partial charge is 0.220 e. The number of hydrogen-bond donors (Lipinski definition) is 1. The largest absolute Gasteiger partial charge is 0.497 e. The lowest BCUT2D eigenvalue weighted by Crippen LogP contribution is -2.26. The Morgan fingerprint density at radius 1 is 1.23 bits per heavy atom. The molecule has 2 rings (SSSR count). The highest BCUT2D eigenvalue weighted by molar-refractivity contribution is 6.30. The first-order valence-corrected chi connectivity index (χ1v) is 7.64. The molecule has 0 spiro atoms. The van der Waals surface area contributed by atoms with E-state index in [1.165, 1.54) is 0 Å². The number of halogens is 1. The first-order valence-electron chi connectivity index (χ1n) is 7.26. The summed E-state index contributed by atoms with van der Waals surface area (Å²) in [6, 6.07) is 15.3. The van der Waals surface area contributed by atoms with Crippen LogP contribution in [0.15, 0.2) is 48.5 Å². The number of ether oxygens (including phenoxy) is 1. The van der Waals surface area contributed by atoms with Gasteiger partial charge in [-0.1, -0.05) is 35.9 Å². The fraction of sp³-hybridized carbons (Fsp3) is 0.278. The summed E-state index contributed by atoms with van der Waals surface area (Å²) in [4.78, 5) is 12.1. The van der Waals surface area contributed by atoms with E-state index in [0.717, 1.165) is 16.9 Å². The van der Waals surface area contributed by atoms with Crippen LogP contribution in [0.1, 0.15) is 30.5 Å². The highest BCUT2D eigenvalue weighted by atomic mass is 35.5. The number of benzene rings is 2. The predicted molar refractivity (Wildman–Crippen MR) is 89.3 cm³/mol. The Labute approximate surface area is 136 Å². The van der Waals surface area contributed by atoms with Gasteiger partial charge in [0.1, 0.15) is 5.75 Å². The van der Waals surface area contributed by atoms with Gasteiger partial charge in [-0.05, 0) is 48.7 Å². The molecule has 1 N–H and O–H groups in total. The number of aryl methyl sites for hydroxylation is 1. The average molecular weight is 318 g/mol. The number of methoxy groups -OCH3 is 1.